The minimum atomic E-state index is -0.204. The first-order valence-electron chi connectivity index (χ1n) is 6.10. The van der Waals surface area contributed by atoms with Crippen LogP contribution >= 0.6 is 0 Å². The smallest absolute Gasteiger partial charge is 0.227 e. The van der Waals surface area contributed by atoms with E-state index in [1.807, 2.05) is 6.92 Å². The number of nitrogens with one attached hydrogen (secondary N) is 1. The molecule has 1 aliphatic rings. The van der Waals surface area contributed by atoms with Crippen LogP contribution in [-0.4, -0.2) is 47.5 Å². The lowest BCUT2D eigenvalue weighted by molar-refractivity contribution is -0.120. The van der Waals surface area contributed by atoms with Crippen molar-refractivity contribution in [2.75, 3.05) is 19.6 Å². The van der Waals surface area contributed by atoms with Gasteiger partial charge in [-0.3, -0.25) is 4.79 Å². The fourth-order valence-electron chi connectivity index (χ4n) is 2.10. The zero-order valence-electron chi connectivity index (χ0n) is 10.4. The van der Waals surface area contributed by atoms with Crippen molar-refractivity contribution < 1.29 is 10.0 Å². The normalized spacial score (nSPS) is 19.9. The first-order chi connectivity index (χ1) is 8.11. The van der Waals surface area contributed by atoms with Gasteiger partial charge in [0, 0.05) is 12.6 Å². The summed E-state index contributed by atoms with van der Waals surface area (Å²) < 4.78 is 0. The molecule has 1 heterocycles. The Morgan fingerprint density at radius 3 is 2.71 bits per heavy atom. The third-order valence-electron chi connectivity index (χ3n) is 2.86. The lowest BCUT2D eigenvalue weighted by Gasteiger charge is -2.29. The standard InChI is InChI=1S/C11H22N4O2/c1-9(8-15-5-3-2-4-6-15)13-11(16)7-10(12)14-17/h9,17H,2-8H2,1H3,(H2,12,14)(H,13,16). The summed E-state index contributed by atoms with van der Waals surface area (Å²) in [6, 6.07) is 0.0899. The Bertz CT molecular complexity index is 275. The Morgan fingerprint density at radius 2 is 2.12 bits per heavy atom. The summed E-state index contributed by atoms with van der Waals surface area (Å²) in [7, 11) is 0. The van der Waals surface area contributed by atoms with Crippen molar-refractivity contribution >= 4 is 11.7 Å². The van der Waals surface area contributed by atoms with Gasteiger partial charge in [-0.1, -0.05) is 11.6 Å². The van der Waals surface area contributed by atoms with E-state index in [1.165, 1.54) is 19.3 Å². The molecule has 4 N–H and O–H groups in total. The van der Waals surface area contributed by atoms with Crippen molar-refractivity contribution in [2.45, 2.75) is 38.6 Å². The maximum atomic E-state index is 11.5. The van der Waals surface area contributed by atoms with E-state index >= 15 is 0 Å². The Kier molecular flexibility index (Phi) is 5.76. The lowest BCUT2D eigenvalue weighted by Crippen LogP contribution is -2.44. The average Bonchev–Trinajstić information content (AvgIpc) is 2.29. The Balaban J connectivity index is 2.23. The third-order valence-corrected chi connectivity index (χ3v) is 2.86. The summed E-state index contributed by atoms with van der Waals surface area (Å²) in [6.07, 6.45) is 3.73. The molecule has 1 rings (SSSR count). The van der Waals surface area contributed by atoms with Crippen molar-refractivity contribution in [1.29, 1.82) is 0 Å². The molecule has 0 aromatic carbocycles. The maximum absolute atomic E-state index is 11.5. The van der Waals surface area contributed by atoms with Crippen LogP contribution in [0.5, 0.6) is 0 Å². The second-order valence-corrected chi connectivity index (χ2v) is 4.60. The van der Waals surface area contributed by atoms with Gasteiger partial charge in [-0.2, -0.15) is 0 Å². The Labute approximate surface area is 102 Å². The molecular formula is C11H22N4O2. The molecular weight excluding hydrogens is 220 g/mol. The predicted octanol–water partition coefficient (Wildman–Crippen LogP) is 0.114. The monoisotopic (exact) mass is 242 g/mol. The second-order valence-electron chi connectivity index (χ2n) is 4.60. The van der Waals surface area contributed by atoms with Crippen LogP contribution < -0.4 is 11.1 Å². The van der Waals surface area contributed by atoms with Gasteiger partial charge in [0.1, 0.15) is 5.84 Å². The van der Waals surface area contributed by atoms with Crippen LogP contribution in [0.1, 0.15) is 32.6 Å². The van der Waals surface area contributed by atoms with Gasteiger partial charge in [-0.15, -0.1) is 0 Å². The summed E-state index contributed by atoms with van der Waals surface area (Å²) in [5, 5.41) is 14.0. The second kappa shape index (κ2) is 7.11. The van der Waals surface area contributed by atoms with Crippen molar-refractivity contribution in [1.82, 2.24) is 10.2 Å². The number of hydrogen-bond acceptors (Lipinski definition) is 4. The molecule has 0 aromatic heterocycles. The first-order valence-corrected chi connectivity index (χ1v) is 6.10. The number of nitrogens with two attached hydrogens (primary N) is 1. The van der Waals surface area contributed by atoms with Crippen LogP contribution in [0.2, 0.25) is 0 Å². The number of hydrogen-bond donors (Lipinski definition) is 3. The number of nitrogens with zero attached hydrogens (tertiary/aromatic N) is 2. The molecule has 0 saturated carbocycles. The molecule has 0 spiro atoms. The van der Waals surface area contributed by atoms with Crippen LogP contribution in [0.15, 0.2) is 5.16 Å². The molecule has 1 fully saturated rings. The molecule has 1 atom stereocenters. The predicted molar refractivity (Wildman–Crippen MR) is 65.9 cm³/mol. The minimum absolute atomic E-state index is 0.0547. The number of rotatable bonds is 5. The van der Waals surface area contributed by atoms with E-state index in [0.29, 0.717) is 0 Å². The van der Waals surface area contributed by atoms with Crippen molar-refractivity contribution in [3.63, 3.8) is 0 Å². The van der Waals surface area contributed by atoms with Crippen LogP contribution in [0, 0.1) is 0 Å². The van der Waals surface area contributed by atoms with Crippen molar-refractivity contribution in [3.8, 4) is 0 Å². The largest absolute Gasteiger partial charge is 0.409 e. The number of likely N-dealkylation sites (tertiary alicyclic amines) is 1. The van der Waals surface area contributed by atoms with Crippen LogP contribution in [0.25, 0.3) is 0 Å². The molecule has 1 unspecified atom stereocenters. The van der Waals surface area contributed by atoms with Gasteiger partial charge in [-0.25, -0.2) is 0 Å². The van der Waals surface area contributed by atoms with E-state index in [2.05, 4.69) is 15.4 Å². The highest BCUT2D eigenvalue weighted by atomic mass is 16.4. The fourth-order valence-corrected chi connectivity index (χ4v) is 2.10. The fraction of sp³-hybridized carbons (Fsp3) is 0.818. The van der Waals surface area contributed by atoms with E-state index < -0.39 is 0 Å². The molecule has 0 aromatic rings. The zero-order valence-corrected chi connectivity index (χ0v) is 10.4. The molecule has 6 heteroatoms. The van der Waals surface area contributed by atoms with E-state index in [0.717, 1.165) is 19.6 Å². The van der Waals surface area contributed by atoms with Gasteiger partial charge in [0.2, 0.25) is 5.91 Å². The molecule has 0 aliphatic carbocycles. The molecule has 6 nitrogen and oxygen atoms in total. The summed E-state index contributed by atoms with van der Waals surface area (Å²) >= 11 is 0. The van der Waals surface area contributed by atoms with Crippen molar-refractivity contribution in [2.24, 2.45) is 10.9 Å². The number of carbonyl (C=O) groups is 1. The first kappa shape index (κ1) is 13.8. The molecule has 1 saturated heterocycles. The van der Waals surface area contributed by atoms with Crippen LogP contribution in [0.3, 0.4) is 0 Å². The molecule has 98 valence electrons. The number of oxime groups is 1. The van der Waals surface area contributed by atoms with Gasteiger partial charge in [-0.05, 0) is 32.9 Å². The van der Waals surface area contributed by atoms with Gasteiger partial charge >= 0.3 is 0 Å². The summed E-state index contributed by atoms with van der Waals surface area (Å²) in [4.78, 5) is 13.8. The van der Waals surface area contributed by atoms with Crippen LogP contribution in [0.4, 0.5) is 0 Å². The number of amides is 1. The number of amidine groups is 1. The lowest BCUT2D eigenvalue weighted by atomic mass is 10.1. The Morgan fingerprint density at radius 1 is 1.47 bits per heavy atom. The van der Waals surface area contributed by atoms with Gasteiger partial charge in [0.15, 0.2) is 0 Å². The molecule has 1 aliphatic heterocycles. The summed E-state index contributed by atoms with van der Waals surface area (Å²) in [6.45, 7) is 5.06. The molecule has 1 amide bonds. The molecule has 0 bridgehead atoms. The van der Waals surface area contributed by atoms with E-state index in [1.54, 1.807) is 0 Å². The number of piperidine rings is 1. The van der Waals surface area contributed by atoms with Gasteiger partial charge < -0.3 is 21.2 Å². The van der Waals surface area contributed by atoms with Gasteiger partial charge in [0.25, 0.3) is 0 Å². The Hall–Kier alpha value is -1.30. The van der Waals surface area contributed by atoms with E-state index in [4.69, 9.17) is 10.9 Å². The average molecular weight is 242 g/mol. The van der Waals surface area contributed by atoms with E-state index in [-0.39, 0.29) is 24.2 Å². The highest BCUT2D eigenvalue weighted by molar-refractivity contribution is 5.98. The molecule has 17 heavy (non-hydrogen) atoms. The van der Waals surface area contributed by atoms with E-state index in [9.17, 15) is 4.79 Å². The maximum Gasteiger partial charge on any atom is 0.227 e. The minimum Gasteiger partial charge on any atom is -0.409 e. The topological polar surface area (TPSA) is 91.0 Å². The summed E-state index contributed by atoms with van der Waals surface area (Å²) in [5.41, 5.74) is 5.26. The van der Waals surface area contributed by atoms with Gasteiger partial charge in [0.05, 0.1) is 6.42 Å². The molecule has 0 radical (unpaired) electrons. The highest BCUT2D eigenvalue weighted by Gasteiger charge is 2.15. The summed E-state index contributed by atoms with van der Waals surface area (Å²) in [5.74, 6) is -0.266. The quantitative estimate of drug-likeness (QED) is 0.276. The third kappa shape index (κ3) is 5.53. The SMILES string of the molecule is CC(CN1CCCCC1)NC(=O)C/C(N)=N/O. The highest BCUT2D eigenvalue weighted by Crippen LogP contribution is 2.08. The number of carbonyl (C=O) groups excluding carboxylic acids is 1. The zero-order chi connectivity index (χ0) is 12.7. The van der Waals surface area contributed by atoms with Crippen molar-refractivity contribution in [3.05, 3.63) is 0 Å². The van der Waals surface area contributed by atoms with Crippen LogP contribution in [-0.2, 0) is 4.79 Å².